The third-order valence-corrected chi connectivity index (χ3v) is 4.69. The number of amides is 2. The van der Waals surface area contributed by atoms with Crippen molar-refractivity contribution in [3.63, 3.8) is 0 Å². The molecule has 4 rings (SSSR count). The largest absolute Gasteiger partial charge is 0.326 e. The standard InChI is InChI=1S/C21H18FN5O3/c1-11-2-6-13(7-3-11)23-19(29)15-10-16(28)25-18-17(15)20(30)27-21(26-18)24-14-8-4-12(22)5-9-14/h2-9,15H,10H2,1H3,(H,23,29)(H3,24,25,26,27,28,30). The van der Waals surface area contributed by atoms with Crippen LogP contribution in [0.2, 0.25) is 0 Å². The first kappa shape index (κ1) is 19.3. The first-order chi connectivity index (χ1) is 14.4. The Labute approximate surface area is 170 Å². The van der Waals surface area contributed by atoms with Crippen LogP contribution in [0.4, 0.5) is 27.5 Å². The molecule has 0 spiro atoms. The molecule has 1 aromatic heterocycles. The molecule has 1 atom stereocenters. The van der Waals surface area contributed by atoms with E-state index in [0.717, 1.165) is 5.56 Å². The van der Waals surface area contributed by atoms with Crippen LogP contribution in [-0.4, -0.2) is 21.8 Å². The maximum Gasteiger partial charge on any atom is 0.258 e. The zero-order valence-corrected chi connectivity index (χ0v) is 16.0. The molecular weight excluding hydrogens is 389 g/mol. The number of carbonyl (C=O) groups excluding carboxylic acids is 2. The Morgan fingerprint density at radius 2 is 1.73 bits per heavy atom. The number of rotatable bonds is 4. The third-order valence-electron chi connectivity index (χ3n) is 4.69. The lowest BCUT2D eigenvalue weighted by atomic mass is 9.92. The van der Waals surface area contributed by atoms with Gasteiger partial charge >= 0.3 is 0 Å². The molecular formula is C21H18FN5O3. The molecule has 1 unspecified atom stereocenters. The third kappa shape index (κ3) is 4.04. The predicted molar refractivity (Wildman–Crippen MR) is 110 cm³/mol. The van der Waals surface area contributed by atoms with Crippen LogP contribution in [0.3, 0.4) is 0 Å². The molecule has 0 aliphatic carbocycles. The highest BCUT2D eigenvalue weighted by Crippen LogP contribution is 2.30. The molecule has 0 bridgehead atoms. The first-order valence-electron chi connectivity index (χ1n) is 9.23. The maximum atomic E-state index is 13.1. The Balaban J connectivity index is 1.62. The van der Waals surface area contributed by atoms with E-state index in [2.05, 4.69) is 25.9 Å². The normalized spacial score (nSPS) is 15.1. The molecule has 3 aromatic rings. The van der Waals surface area contributed by atoms with Crippen LogP contribution in [0.1, 0.15) is 23.5 Å². The summed E-state index contributed by atoms with van der Waals surface area (Å²) in [4.78, 5) is 44.5. The van der Waals surface area contributed by atoms with Crippen molar-refractivity contribution < 1.29 is 14.0 Å². The van der Waals surface area contributed by atoms with Crippen molar-refractivity contribution in [3.8, 4) is 0 Å². The van der Waals surface area contributed by atoms with Gasteiger partial charge in [0.15, 0.2) is 0 Å². The van der Waals surface area contributed by atoms with Gasteiger partial charge in [-0.15, -0.1) is 0 Å². The molecule has 2 aromatic carbocycles. The number of nitrogens with one attached hydrogen (secondary N) is 4. The number of nitrogens with zero attached hydrogens (tertiary/aromatic N) is 1. The summed E-state index contributed by atoms with van der Waals surface area (Å²) < 4.78 is 13.1. The SMILES string of the molecule is Cc1ccc(NC(=O)C2CC(=O)Nc3nc(Nc4ccc(F)cc4)[nH]c(=O)c32)cc1. The van der Waals surface area contributed by atoms with Crippen molar-refractivity contribution in [2.45, 2.75) is 19.3 Å². The van der Waals surface area contributed by atoms with Gasteiger partial charge in [0.05, 0.1) is 11.5 Å². The molecule has 2 amide bonds. The van der Waals surface area contributed by atoms with Crippen molar-refractivity contribution >= 4 is 35.0 Å². The number of hydrogen-bond donors (Lipinski definition) is 4. The second-order valence-electron chi connectivity index (χ2n) is 6.97. The van der Waals surface area contributed by atoms with E-state index in [4.69, 9.17) is 0 Å². The van der Waals surface area contributed by atoms with E-state index < -0.39 is 29.1 Å². The van der Waals surface area contributed by atoms with Crippen LogP contribution < -0.4 is 21.5 Å². The van der Waals surface area contributed by atoms with E-state index in [1.165, 1.54) is 24.3 Å². The Morgan fingerprint density at radius 3 is 2.43 bits per heavy atom. The highest BCUT2D eigenvalue weighted by Gasteiger charge is 2.34. The van der Waals surface area contributed by atoms with Gasteiger partial charge in [0, 0.05) is 17.8 Å². The number of halogens is 1. The summed E-state index contributed by atoms with van der Waals surface area (Å²) in [6.45, 7) is 1.93. The van der Waals surface area contributed by atoms with E-state index >= 15 is 0 Å². The number of hydrogen-bond acceptors (Lipinski definition) is 5. The lowest BCUT2D eigenvalue weighted by molar-refractivity contribution is -0.123. The minimum absolute atomic E-state index is 0.0173. The van der Waals surface area contributed by atoms with E-state index in [-0.39, 0.29) is 23.8 Å². The summed E-state index contributed by atoms with van der Waals surface area (Å²) in [7, 11) is 0. The molecule has 1 aliphatic heterocycles. The maximum absolute atomic E-state index is 13.1. The molecule has 0 saturated heterocycles. The predicted octanol–water partition coefficient (Wildman–Crippen LogP) is 3.03. The summed E-state index contributed by atoms with van der Waals surface area (Å²) in [5.41, 5.74) is 1.64. The molecule has 0 radical (unpaired) electrons. The van der Waals surface area contributed by atoms with Crippen LogP contribution in [-0.2, 0) is 9.59 Å². The summed E-state index contributed by atoms with van der Waals surface area (Å²) in [5.74, 6) is -2.19. The highest BCUT2D eigenvalue weighted by molar-refractivity contribution is 6.04. The Hall–Kier alpha value is -4.01. The second kappa shape index (κ2) is 7.78. The van der Waals surface area contributed by atoms with Crippen molar-refractivity contribution in [1.82, 2.24) is 9.97 Å². The number of carbonyl (C=O) groups is 2. The Bertz CT molecular complexity index is 1170. The topological polar surface area (TPSA) is 116 Å². The fourth-order valence-corrected chi connectivity index (χ4v) is 3.19. The number of aromatic amines is 1. The zero-order valence-electron chi connectivity index (χ0n) is 16.0. The fraction of sp³-hybridized carbons (Fsp3) is 0.143. The first-order valence-corrected chi connectivity index (χ1v) is 9.23. The molecule has 30 heavy (non-hydrogen) atoms. The molecule has 1 aliphatic rings. The van der Waals surface area contributed by atoms with Crippen LogP contribution >= 0.6 is 0 Å². The summed E-state index contributed by atoms with van der Waals surface area (Å²) >= 11 is 0. The average Bonchev–Trinajstić information content (AvgIpc) is 2.70. The van der Waals surface area contributed by atoms with Gasteiger partial charge in [0.1, 0.15) is 11.6 Å². The summed E-state index contributed by atoms with van der Waals surface area (Å²) in [5, 5.41) is 8.12. The minimum Gasteiger partial charge on any atom is -0.326 e. The van der Waals surface area contributed by atoms with Gasteiger partial charge in [-0.05, 0) is 43.3 Å². The van der Waals surface area contributed by atoms with Gasteiger partial charge in [-0.3, -0.25) is 19.4 Å². The van der Waals surface area contributed by atoms with Crippen LogP contribution in [0.25, 0.3) is 0 Å². The number of benzene rings is 2. The number of aryl methyl sites for hydroxylation is 1. The molecule has 4 N–H and O–H groups in total. The highest BCUT2D eigenvalue weighted by atomic mass is 19.1. The van der Waals surface area contributed by atoms with Crippen LogP contribution in [0.15, 0.2) is 53.3 Å². The van der Waals surface area contributed by atoms with E-state index in [1.54, 1.807) is 12.1 Å². The van der Waals surface area contributed by atoms with E-state index in [1.807, 2.05) is 19.1 Å². The number of aromatic nitrogens is 2. The molecule has 2 heterocycles. The van der Waals surface area contributed by atoms with Crippen LogP contribution in [0, 0.1) is 12.7 Å². The van der Waals surface area contributed by atoms with Gasteiger partial charge in [-0.2, -0.15) is 4.98 Å². The molecule has 0 fully saturated rings. The lowest BCUT2D eigenvalue weighted by Crippen LogP contribution is -2.36. The summed E-state index contributed by atoms with van der Waals surface area (Å²) in [6.07, 6.45) is -0.166. The molecule has 0 saturated carbocycles. The second-order valence-corrected chi connectivity index (χ2v) is 6.97. The van der Waals surface area contributed by atoms with Gasteiger partial charge in [0.2, 0.25) is 17.8 Å². The summed E-state index contributed by atoms with van der Waals surface area (Å²) in [6, 6.07) is 12.6. The number of H-pyrrole nitrogens is 1. The molecule has 8 nitrogen and oxygen atoms in total. The number of fused-ring (bicyclic) bond motifs is 1. The van der Waals surface area contributed by atoms with Crippen molar-refractivity contribution in [2.75, 3.05) is 16.0 Å². The fourth-order valence-electron chi connectivity index (χ4n) is 3.19. The Morgan fingerprint density at radius 1 is 1.07 bits per heavy atom. The van der Waals surface area contributed by atoms with E-state index in [0.29, 0.717) is 11.4 Å². The molecule has 9 heteroatoms. The van der Waals surface area contributed by atoms with Gasteiger partial charge in [0.25, 0.3) is 5.56 Å². The van der Waals surface area contributed by atoms with Gasteiger partial charge in [-0.1, -0.05) is 17.7 Å². The van der Waals surface area contributed by atoms with Crippen molar-refractivity contribution in [3.05, 3.63) is 75.8 Å². The van der Waals surface area contributed by atoms with Crippen molar-refractivity contribution in [1.29, 1.82) is 0 Å². The van der Waals surface area contributed by atoms with Crippen LogP contribution in [0.5, 0.6) is 0 Å². The zero-order chi connectivity index (χ0) is 21.3. The van der Waals surface area contributed by atoms with Gasteiger partial charge in [-0.25, -0.2) is 4.39 Å². The monoisotopic (exact) mass is 407 g/mol. The van der Waals surface area contributed by atoms with Gasteiger partial charge < -0.3 is 16.0 Å². The number of anilines is 4. The average molecular weight is 407 g/mol. The minimum atomic E-state index is -0.980. The molecule has 152 valence electrons. The smallest absolute Gasteiger partial charge is 0.258 e. The Kier molecular flexibility index (Phi) is 5.01. The quantitative estimate of drug-likeness (QED) is 0.531. The lowest BCUT2D eigenvalue weighted by Gasteiger charge is -2.23. The van der Waals surface area contributed by atoms with E-state index in [9.17, 15) is 18.8 Å². The van der Waals surface area contributed by atoms with Crippen molar-refractivity contribution in [2.24, 2.45) is 0 Å².